The number of benzene rings is 2. The second-order valence-corrected chi connectivity index (χ2v) is 6.27. The van der Waals surface area contributed by atoms with Crippen LogP contribution in [0.4, 0.5) is 5.82 Å². The number of nitrogens with one attached hydrogen (secondary N) is 1. The van der Waals surface area contributed by atoms with Crippen molar-refractivity contribution in [3.63, 3.8) is 0 Å². The summed E-state index contributed by atoms with van der Waals surface area (Å²) in [6.45, 7) is 3.82. The number of nitro groups is 1. The molecule has 2 aromatic heterocycles. The summed E-state index contributed by atoms with van der Waals surface area (Å²) in [6, 6.07) is 19.2. The summed E-state index contributed by atoms with van der Waals surface area (Å²) < 4.78 is 5.16. The van der Waals surface area contributed by atoms with Crippen LogP contribution in [-0.4, -0.2) is 32.5 Å². The third kappa shape index (κ3) is 4.85. The summed E-state index contributed by atoms with van der Waals surface area (Å²) in [4.78, 5) is 32.4. The number of fused-ring (bicyclic) bond motifs is 1. The summed E-state index contributed by atoms with van der Waals surface area (Å²) in [6.07, 6.45) is 1.19. The number of carbonyl (C=O) groups excluding carboxylic acids is 1. The molecule has 1 N–H and O–H groups in total. The van der Waals surface area contributed by atoms with E-state index >= 15 is 0 Å². The van der Waals surface area contributed by atoms with Crippen LogP contribution in [0.1, 0.15) is 23.1 Å². The van der Waals surface area contributed by atoms with Crippen molar-refractivity contribution in [2.45, 2.75) is 13.8 Å². The van der Waals surface area contributed by atoms with Crippen LogP contribution >= 0.6 is 0 Å². The Kier molecular flexibility index (Phi) is 6.49. The molecule has 8 nitrogen and oxygen atoms in total. The SMILES string of the molecule is CCOC(=O)c1cc(-c2ccccc2)nc2ccccc12.Cc1ncc([N+](=O)[O-])[nH]1. The molecular formula is C22H20N4O4. The maximum atomic E-state index is 12.2. The van der Waals surface area contributed by atoms with Crippen molar-refractivity contribution in [1.82, 2.24) is 15.0 Å². The minimum atomic E-state index is -0.514. The first-order valence-electron chi connectivity index (χ1n) is 9.28. The number of carbonyl (C=O) groups is 1. The Labute approximate surface area is 172 Å². The summed E-state index contributed by atoms with van der Waals surface area (Å²) in [7, 11) is 0. The molecule has 2 heterocycles. The van der Waals surface area contributed by atoms with Crippen molar-refractivity contribution in [3.05, 3.63) is 88.4 Å². The maximum Gasteiger partial charge on any atom is 0.340 e. The van der Waals surface area contributed by atoms with Gasteiger partial charge in [-0.05, 0) is 24.0 Å². The molecule has 0 aliphatic heterocycles. The van der Waals surface area contributed by atoms with Crippen molar-refractivity contribution < 1.29 is 14.5 Å². The minimum Gasteiger partial charge on any atom is -0.462 e. The summed E-state index contributed by atoms with van der Waals surface area (Å²) in [5, 5.41) is 10.8. The highest BCUT2D eigenvalue weighted by Gasteiger charge is 2.14. The van der Waals surface area contributed by atoms with Gasteiger partial charge >= 0.3 is 11.8 Å². The second-order valence-electron chi connectivity index (χ2n) is 6.27. The number of H-pyrrole nitrogens is 1. The van der Waals surface area contributed by atoms with E-state index in [9.17, 15) is 14.9 Å². The lowest BCUT2D eigenvalue weighted by atomic mass is 10.0. The van der Waals surface area contributed by atoms with Gasteiger partial charge in [-0.25, -0.2) is 19.7 Å². The molecule has 0 saturated heterocycles. The Morgan fingerprint density at radius 3 is 2.43 bits per heavy atom. The van der Waals surface area contributed by atoms with Crippen LogP contribution in [0.2, 0.25) is 0 Å². The zero-order chi connectivity index (χ0) is 21.5. The molecular weight excluding hydrogens is 384 g/mol. The molecule has 0 saturated carbocycles. The number of esters is 1. The molecule has 30 heavy (non-hydrogen) atoms. The third-order valence-corrected chi connectivity index (χ3v) is 4.17. The van der Waals surface area contributed by atoms with Crippen LogP contribution in [0.25, 0.3) is 22.2 Å². The quantitative estimate of drug-likeness (QED) is 0.300. The van der Waals surface area contributed by atoms with E-state index in [0.29, 0.717) is 18.0 Å². The zero-order valence-corrected chi connectivity index (χ0v) is 16.5. The molecule has 0 unspecified atom stereocenters. The van der Waals surface area contributed by atoms with E-state index in [4.69, 9.17) is 4.74 Å². The number of nitrogens with zero attached hydrogens (tertiary/aromatic N) is 3. The van der Waals surface area contributed by atoms with Crippen LogP contribution < -0.4 is 0 Å². The van der Waals surface area contributed by atoms with E-state index in [-0.39, 0.29) is 11.8 Å². The van der Waals surface area contributed by atoms with E-state index < -0.39 is 4.92 Å². The number of aryl methyl sites for hydroxylation is 1. The van der Waals surface area contributed by atoms with Crippen LogP contribution in [0.15, 0.2) is 66.9 Å². The zero-order valence-electron chi connectivity index (χ0n) is 16.5. The predicted molar refractivity (Wildman–Crippen MR) is 113 cm³/mol. The Balaban J connectivity index is 0.000000239. The lowest BCUT2D eigenvalue weighted by Gasteiger charge is -2.09. The van der Waals surface area contributed by atoms with Gasteiger partial charge in [0, 0.05) is 17.9 Å². The van der Waals surface area contributed by atoms with E-state index in [1.54, 1.807) is 19.9 Å². The molecule has 0 radical (unpaired) electrons. The topological polar surface area (TPSA) is 111 Å². The van der Waals surface area contributed by atoms with Gasteiger partial charge in [0.2, 0.25) is 0 Å². The van der Waals surface area contributed by atoms with Crippen molar-refractivity contribution in [1.29, 1.82) is 0 Å². The molecule has 0 aliphatic rings. The van der Waals surface area contributed by atoms with E-state index in [2.05, 4.69) is 15.0 Å². The number of pyridine rings is 1. The number of hydrogen-bond donors (Lipinski definition) is 1. The van der Waals surface area contributed by atoms with Gasteiger partial charge < -0.3 is 14.9 Å². The van der Waals surface area contributed by atoms with Gasteiger partial charge in [0.1, 0.15) is 6.20 Å². The lowest BCUT2D eigenvalue weighted by Crippen LogP contribution is -2.06. The fourth-order valence-electron chi connectivity index (χ4n) is 2.81. The highest BCUT2D eigenvalue weighted by molar-refractivity contribution is 6.04. The number of ether oxygens (including phenoxy) is 1. The Bertz CT molecular complexity index is 1170. The average Bonchev–Trinajstić information content (AvgIpc) is 3.21. The van der Waals surface area contributed by atoms with Gasteiger partial charge in [-0.3, -0.25) is 0 Å². The molecule has 0 atom stereocenters. The molecule has 8 heteroatoms. The van der Waals surface area contributed by atoms with Gasteiger partial charge in [-0.1, -0.05) is 48.5 Å². The number of rotatable bonds is 4. The number of hydrogen-bond acceptors (Lipinski definition) is 6. The molecule has 152 valence electrons. The molecule has 0 bridgehead atoms. The third-order valence-electron chi connectivity index (χ3n) is 4.17. The first kappa shape index (κ1) is 20.7. The van der Waals surface area contributed by atoms with Crippen LogP contribution in [0.3, 0.4) is 0 Å². The fourth-order valence-corrected chi connectivity index (χ4v) is 2.81. The Morgan fingerprint density at radius 1 is 1.13 bits per heavy atom. The first-order chi connectivity index (χ1) is 14.5. The highest BCUT2D eigenvalue weighted by Crippen LogP contribution is 2.25. The monoisotopic (exact) mass is 404 g/mol. The smallest absolute Gasteiger partial charge is 0.340 e. The molecule has 2 aromatic carbocycles. The van der Waals surface area contributed by atoms with Crippen LogP contribution in [0, 0.1) is 17.0 Å². The second kappa shape index (κ2) is 9.42. The number of aromatic amines is 1. The van der Waals surface area contributed by atoms with Gasteiger partial charge in [0.25, 0.3) is 0 Å². The average molecular weight is 404 g/mol. The van der Waals surface area contributed by atoms with Crippen molar-refractivity contribution in [2.24, 2.45) is 0 Å². The number of para-hydroxylation sites is 1. The molecule has 4 aromatic rings. The van der Waals surface area contributed by atoms with E-state index in [0.717, 1.165) is 22.2 Å². The largest absolute Gasteiger partial charge is 0.462 e. The summed E-state index contributed by atoms with van der Waals surface area (Å²) in [5.41, 5.74) is 3.11. The first-order valence-corrected chi connectivity index (χ1v) is 9.28. The number of imidazole rings is 1. The molecule has 0 aliphatic carbocycles. The lowest BCUT2D eigenvalue weighted by molar-refractivity contribution is -0.389. The maximum absolute atomic E-state index is 12.2. The van der Waals surface area contributed by atoms with Crippen molar-refractivity contribution in [2.75, 3.05) is 6.61 Å². The number of aromatic nitrogens is 3. The van der Waals surface area contributed by atoms with Crippen LogP contribution in [0.5, 0.6) is 0 Å². The highest BCUT2D eigenvalue weighted by atomic mass is 16.6. The summed E-state index contributed by atoms with van der Waals surface area (Å²) >= 11 is 0. The minimum absolute atomic E-state index is 0.0625. The summed E-state index contributed by atoms with van der Waals surface area (Å²) in [5.74, 6) is 0.183. The molecule has 0 amide bonds. The van der Waals surface area contributed by atoms with E-state index in [1.807, 2.05) is 54.6 Å². The van der Waals surface area contributed by atoms with Crippen LogP contribution in [-0.2, 0) is 4.74 Å². The Hall–Kier alpha value is -4.07. The standard InChI is InChI=1S/C18H15NO2.C4H5N3O2/c1-2-21-18(20)15-12-17(13-8-4-3-5-9-13)19-16-11-7-6-10-14(15)16;1-3-5-2-4(6-3)7(8)9/h3-12H,2H2,1H3;2H,1H3,(H,5,6). The van der Waals surface area contributed by atoms with Crippen molar-refractivity contribution in [3.8, 4) is 11.3 Å². The van der Waals surface area contributed by atoms with Crippen molar-refractivity contribution >= 4 is 22.7 Å². The van der Waals surface area contributed by atoms with Gasteiger partial charge in [0.15, 0.2) is 5.82 Å². The Morgan fingerprint density at radius 2 is 1.83 bits per heavy atom. The van der Waals surface area contributed by atoms with Gasteiger partial charge in [0.05, 0.1) is 23.4 Å². The fraction of sp³-hybridized carbons (Fsp3) is 0.136. The molecule has 4 rings (SSSR count). The van der Waals surface area contributed by atoms with E-state index in [1.165, 1.54) is 6.20 Å². The predicted octanol–water partition coefficient (Wildman–Crippen LogP) is 4.70. The normalized spacial score (nSPS) is 10.2. The van der Waals surface area contributed by atoms with Gasteiger partial charge in [-0.2, -0.15) is 0 Å². The molecule has 0 fully saturated rings. The van der Waals surface area contributed by atoms with Gasteiger partial charge in [-0.15, -0.1) is 0 Å². The molecule has 0 spiro atoms.